The van der Waals surface area contributed by atoms with E-state index in [1.54, 1.807) is 0 Å². The average Bonchev–Trinajstić information content (AvgIpc) is 1.27. The van der Waals surface area contributed by atoms with Crippen molar-refractivity contribution < 1.29 is 18.3 Å². The Bertz CT molecular complexity index is 85.9. The highest BCUT2D eigenvalue weighted by atomic mass is 31.2. The lowest BCUT2D eigenvalue weighted by Gasteiger charge is -1.87. The van der Waals surface area contributed by atoms with Gasteiger partial charge in [0.2, 0.25) is 0 Å². The standard InChI is InChI=1S/CH6O4P2/c1-6(2)5-7(3)4/h6-7H,1H3,(H,3,4). The highest BCUT2D eigenvalue weighted by Gasteiger charge is 1.91. The monoisotopic (exact) mass is 144 g/mol. The van der Waals surface area contributed by atoms with E-state index < -0.39 is 16.3 Å². The Morgan fingerprint density at radius 1 is 1.57 bits per heavy atom. The lowest BCUT2D eigenvalue weighted by molar-refractivity contribution is 0.413. The first-order valence-electron chi connectivity index (χ1n) is 1.54. The van der Waals surface area contributed by atoms with Crippen LogP contribution in [0.25, 0.3) is 0 Å². The van der Waals surface area contributed by atoms with Gasteiger partial charge in [0, 0.05) is 6.66 Å². The van der Waals surface area contributed by atoms with E-state index in [9.17, 15) is 9.13 Å². The lowest BCUT2D eigenvalue weighted by atomic mass is 12.0. The lowest BCUT2D eigenvalue weighted by Crippen LogP contribution is -1.57. The molecular weight excluding hydrogens is 138 g/mol. The summed E-state index contributed by atoms with van der Waals surface area (Å²) in [5.41, 5.74) is 0. The third kappa shape index (κ3) is 6.38. The summed E-state index contributed by atoms with van der Waals surface area (Å²) in [5, 5.41) is 0. The average molecular weight is 144 g/mol. The molecule has 0 amide bonds. The molecule has 2 atom stereocenters. The molecule has 0 saturated carbocycles. The van der Waals surface area contributed by atoms with Gasteiger partial charge >= 0.3 is 8.25 Å². The maximum atomic E-state index is 9.88. The van der Waals surface area contributed by atoms with Crippen molar-refractivity contribution >= 4 is 16.3 Å². The van der Waals surface area contributed by atoms with E-state index in [1.807, 2.05) is 0 Å². The summed E-state index contributed by atoms with van der Waals surface area (Å²) in [6.07, 6.45) is 0. The van der Waals surface area contributed by atoms with Crippen LogP contribution in [0.3, 0.4) is 0 Å². The molecule has 0 fully saturated rings. The van der Waals surface area contributed by atoms with E-state index in [-0.39, 0.29) is 0 Å². The van der Waals surface area contributed by atoms with Crippen LogP contribution in [-0.2, 0) is 13.4 Å². The Labute approximate surface area is 42.3 Å². The molecule has 0 bridgehead atoms. The predicted molar refractivity (Wildman–Crippen MR) is 27.2 cm³/mol. The summed E-state index contributed by atoms with van der Waals surface area (Å²) in [4.78, 5) is 7.87. The van der Waals surface area contributed by atoms with Crippen LogP contribution in [0, 0.1) is 0 Å². The maximum absolute atomic E-state index is 9.88. The Kier molecular flexibility index (Phi) is 3.57. The molecule has 1 N–H and O–H groups in total. The molecule has 0 spiro atoms. The summed E-state index contributed by atoms with van der Waals surface area (Å²) >= 11 is 0. The molecule has 0 radical (unpaired) electrons. The molecule has 0 aromatic carbocycles. The quantitative estimate of drug-likeness (QED) is 0.572. The van der Waals surface area contributed by atoms with Crippen LogP contribution < -0.4 is 0 Å². The van der Waals surface area contributed by atoms with Crippen molar-refractivity contribution in [3.8, 4) is 0 Å². The zero-order valence-electron chi connectivity index (χ0n) is 3.67. The van der Waals surface area contributed by atoms with Crippen LogP contribution in [-0.4, -0.2) is 11.6 Å². The van der Waals surface area contributed by atoms with Crippen LogP contribution >= 0.6 is 16.3 Å². The Hall–Kier alpha value is 0.380. The molecule has 0 aliphatic heterocycles. The smallest absolute Gasteiger partial charge is 0.322 e. The van der Waals surface area contributed by atoms with Gasteiger partial charge in [0.25, 0.3) is 0 Å². The molecule has 2 unspecified atom stereocenters. The van der Waals surface area contributed by atoms with Crippen molar-refractivity contribution in [1.29, 1.82) is 0 Å². The van der Waals surface area contributed by atoms with E-state index in [0.717, 1.165) is 0 Å². The first kappa shape index (κ1) is 7.38. The number of hydrogen-bond acceptors (Lipinski definition) is 3. The van der Waals surface area contributed by atoms with Crippen molar-refractivity contribution in [1.82, 2.24) is 0 Å². The molecule has 4 nitrogen and oxygen atoms in total. The SMILES string of the molecule is C[PH](=O)O[PH](=O)O. The van der Waals surface area contributed by atoms with Crippen LogP contribution in [0.5, 0.6) is 0 Å². The van der Waals surface area contributed by atoms with Crippen molar-refractivity contribution in [2.75, 3.05) is 6.66 Å². The Morgan fingerprint density at radius 2 is 2.00 bits per heavy atom. The molecule has 7 heavy (non-hydrogen) atoms. The second-order valence-electron chi connectivity index (χ2n) is 0.860. The van der Waals surface area contributed by atoms with Crippen LogP contribution in [0.2, 0.25) is 0 Å². The van der Waals surface area contributed by atoms with Gasteiger partial charge < -0.3 is 4.89 Å². The molecule has 0 rings (SSSR count). The van der Waals surface area contributed by atoms with Gasteiger partial charge in [0.15, 0.2) is 8.03 Å². The predicted octanol–water partition coefficient (Wildman–Crippen LogP) is 0.489. The molecule has 6 heteroatoms. The largest absolute Gasteiger partial charge is 0.326 e. The Morgan fingerprint density at radius 3 is 2.00 bits per heavy atom. The molecule has 0 aliphatic carbocycles. The summed E-state index contributed by atoms with van der Waals surface area (Å²) < 4.78 is 23.4. The first-order valence-corrected chi connectivity index (χ1v) is 4.62. The third-order valence-corrected chi connectivity index (χ3v) is 2.08. The summed E-state index contributed by atoms with van der Waals surface area (Å²) in [6.45, 7) is 1.25. The molecular formula is CH6O4P2. The normalized spacial score (nSPS) is 18.6. The van der Waals surface area contributed by atoms with Gasteiger partial charge in [-0.15, -0.1) is 0 Å². The van der Waals surface area contributed by atoms with Crippen LogP contribution in [0.1, 0.15) is 0 Å². The minimum atomic E-state index is -2.95. The van der Waals surface area contributed by atoms with E-state index in [0.29, 0.717) is 0 Å². The second kappa shape index (κ2) is 3.39. The zero-order valence-corrected chi connectivity index (χ0v) is 5.67. The molecule has 0 aromatic heterocycles. The van der Waals surface area contributed by atoms with E-state index in [1.165, 1.54) is 6.66 Å². The highest BCUT2D eigenvalue weighted by molar-refractivity contribution is 7.49. The van der Waals surface area contributed by atoms with E-state index >= 15 is 0 Å². The van der Waals surface area contributed by atoms with Crippen molar-refractivity contribution in [2.45, 2.75) is 0 Å². The van der Waals surface area contributed by atoms with Crippen molar-refractivity contribution in [3.05, 3.63) is 0 Å². The van der Waals surface area contributed by atoms with Crippen LogP contribution in [0.15, 0.2) is 0 Å². The summed E-state index contributed by atoms with van der Waals surface area (Å²) in [7, 11) is -5.15. The molecule has 0 aromatic rings. The van der Waals surface area contributed by atoms with E-state index in [2.05, 4.69) is 4.31 Å². The number of hydrogen-bond donors (Lipinski definition) is 1. The highest BCUT2D eigenvalue weighted by Crippen LogP contribution is 2.31. The van der Waals surface area contributed by atoms with Gasteiger partial charge in [-0.05, 0) is 0 Å². The van der Waals surface area contributed by atoms with Crippen LogP contribution in [0.4, 0.5) is 0 Å². The van der Waals surface area contributed by atoms with E-state index in [4.69, 9.17) is 4.89 Å². The summed E-state index contributed by atoms with van der Waals surface area (Å²) in [6, 6.07) is 0. The second-order valence-corrected chi connectivity index (χ2v) is 3.19. The fraction of sp³-hybridized carbons (Fsp3) is 1.00. The van der Waals surface area contributed by atoms with Gasteiger partial charge in [-0.25, -0.2) is 0 Å². The van der Waals surface area contributed by atoms with Gasteiger partial charge in [0.05, 0.1) is 0 Å². The third-order valence-electron chi connectivity index (χ3n) is 0.231. The summed E-state index contributed by atoms with van der Waals surface area (Å²) in [5.74, 6) is 0. The fourth-order valence-electron chi connectivity index (χ4n) is 0.123. The minimum Gasteiger partial charge on any atom is -0.326 e. The molecule has 0 aliphatic rings. The minimum absolute atomic E-state index is 1.25. The fourth-order valence-corrected chi connectivity index (χ4v) is 1.11. The topological polar surface area (TPSA) is 63.6 Å². The van der Waals surface area contributed by atoms with Crippen molar-refractivity contribution in [2.24, 2.45) is 0 Å². The first-order chi connectivity index (χ1) is 3.13. The van der Waals surface area contributed by atoms with Crippen molar-refractivity contribution in [3.63, 3.8) is 0 Å². The van der Waals surface area contributed by atoms with Gasteiger partial charge in [-0.3, -0.25) is 13.4 Å². The van der Waals surface area contributed by atoms with Gasteiger partial charge in [-0.2, -0.15) is 0 Å². The molecule has 0 saturated heterocycles. The molecule has 44 valence electrons. The number of rotatable bonds is 2. The van der Waals surface area contributed by atoms with Gasteiger partial charge in [-0.1, -0.05) is 0 Å². The Balaban J connectivity index is 3.32. The molecule has 0 heterocycles. The van der Waals surface area contributed by atoms with Gasteiger partial charge in [0.1, 0.15) is 0 Å². The maximum Gasteiger partial charge on any atom is 0.322 e. The zero-order chi connectivity index (χ0) is 5.86.